The van der Waals surface area contributed by atoms with Crippen molar-refractivity contribution in [1.82, 2.24) is 10.2 Å². The van der Waals surface area contributed by atoms with Crippen LogP contribution in [-0.4, -0.2) is 51.8 Å². The zero-order valence-electron chi connectivity index (χ0n) is 12.5. The van der Waals surface area contributed by atoms with Crippen LogP contribution in [0.15, 0.2) is 24.3 Å². The predicted molar refractivity (Wildman–Crippen MR) is 78.8 cm³/mol. The zero-order valence-corrected chi connectivity index (χ0v) is 12.5. The summed E-state index contributed by atoms with van der Waals surface area (Å²) in [4.78, 5) is 13.8. The number of carbonyl (C=O) groups excluding carboxylic acids is 1. The quantitative estimate of drug-likeness (QED) is 0.692. The molecule has 1 aromatic rings. The molecular formula is C15H24N2O3. The standard InChI is InChI=1S/C15H24N2O3/c1-17(9-4-10-19-2)12-15(18)16-11-13-5-7-14(20-3)8-6-13/h5-8H,4,9-12H2,1-3H3,(H,16,18). The number of benzene rings is 1. The van der Waals surface area contributed by atoms with Gasteiger partial charge in [0.05, 0.1) is 13.7 Å². The molecule has 0 aliphatic rings. The fourth-order valence-corrected chi connectivity index (χ4v) is 1.80. The van der Waals surface area contributed by atoms with Crippen LogP contribution in [0.5, 0.6) is 5.75 Å². The first-order chi connectivity index (χ1) is 9.65. The summed E-state index contributed by atoms with van der Waals surface area (Å²) in [7, 11) is 5.25. The molecule has 0 heterocycles. The van der Waals surface area contributed by atoms with E-state index in [1.54, 1.807) is 14.2 Å². The molecular weight excluding hydrogens is 256 g/mol. The molecule has 20 heavy (non-hydrogen) atoms. The molecule has 0 aliphatic carbocycles. The van der Waals surface area contributed by atoms with Crippen molar-refractivity contribution in [3.63, 3.8) is 0 Å². The van der Waals surface area contributed by atoms with E-state index in [1.807, 2.05) is 36.2 Å². The van der Waals surface area contributed by atoms with Gasteiger partial charge in [-0.2, -0.15) is 0 Å². The number of rotatable bonds is 9. The Balaban J connectivity index is 2.24. The molecule has 0 aromatic heterocycles. The smallest absolute Gasteiger partial charge is 0.234 e. The molecule has 0 fully saturated rings. The van der Waals surface area contributed by atoms with Crippen LogP contribution in [0.1, 0.15) is 12.0 Å². The highest BCUT2D eigenvalue weighted by atomic mass is 16.5. The Bertz CT molecular complexity index is 393. The molecule has 112 valence electrons. The molecule has 0 bridgehead atoms. The molecule has 0 spiro atoms. The Morgan fingerprint density at radius 1 is 1.25 bits per heavy atom. The zero-order chi connectivity index (χ0) is 14.8. The molecule has 0 saturated heterocycles. The number of ether oxygens (including phenoxy) is 2. The predicted octanol–water partition coefficient (Wildman–Crippen LogP) is 1.28. The van der Waals surface area contributed by atoms with Crippen molar-refractivity contribution in [2.24, 2.45) is 0 Å². The van der Waals surface area contributed by atoms with Gasteiger partial charge in [0.1, 0.15) is 5.75 Å². The summed E-state index contributed by atoms with van der Waals surface area (Å²) in [6, 6.07) is 7.67. The maximum Gasteiger partial charge on any atom is 0.234 e. The number of nitrogens with zero attached hydrogens (tertiary/aromatic N) is 1. The van der Waals surface area contributed by atoms with Crippen LogP contribution in [0.3, 0.4) is 0 Å². The van der Waals surface area contributed by atoms with E-state index in [0.717, 1.165) is 30.9 Å². The molecule has 1 rings (SSSR count). The van der Waals surface area contributed by atoms with Gasteiger partial charge in [0, 0.05) is 26.8 Å². The summed E-state index contributed by atoms with van der Waals surface area (Å²) in [5.41, 5.74) is 1.06. The summed E-state index contributed by atoms with van der Waals surface area (Å²) in [5.74, 6) is 0.846. The number of hydrogen-bond acceptors (Lipinski definition) is 4. The lowest BCUT2D eigenvalue weighted by atomic mass is 10.2. The molecule has 0 atom stereocenters. The van der Waals surface area contributed by atoms with E-state index < -0.39 is 0 Å². The van der Waals surface area contributed by atoms with E-state index in [-0.39, 0.29) is 5.91 Å². The first-order valence-corrected chi connectivity index (χ1v) is 6.73. The Morgan fingerprint density at radius 3 is 2.55 bits per heavy atom. The Morgan fingerprint density at radius 2 is 1.95 bits per heavy atom. The topological polar surface area (TPSA) is 50.8 Å². The minimum Gasteiger partial charge on any atom is -0.497 e. The van der Waals surface area contributed by atoms with Gasteiger partial charge >= 0.3 is 0 Å². The Hall–Kier alpha value is -1.59. The highest BCUT2D eigenvalue weighted by Gasteiger charge is 2.06. The second kappa shape index (κ2) is 9.34. The molecule has 0 aliphatic heterocycles. The van der Waals surface area contributed by atoms with Crippen molar-refractivity contribution in [3.05, 3.63) is 29.8 Å². The van der Waals surface area contributed by atoms with Gasteiger partial charge in [-0.15, -0.1) is 0 Å². The van der Waals surface area contributed by atoms with E-state index in [2.05, 4.69) is 5.32 Å². The lowest BCUT2D eigenvalue weighted by Crippen LogP contribution is -2.35. The Labute approximate surface area is 120 Å². The van der Waals surface area contributed by atoms with Gasteiger partial charge in [-0.3, -0.25) is 9.69 Å². The van der Waals surface area contributed by atoms with Gasteiger partial charge in [0.2, 0.25) is 5.91 Å². The lowest BCUT2D eigenvalue weighted by molar-refractivity contribution is -0.122. The number of amides is 1. The highest BCUT2D eigenvalue weighted by molar-refractivity contribution is 5.77. The number of carbonyl (C=O) groups is 1. The number of hydrogen-bond donors (Lipinski definition) is 1. The third-order valence-electron chi connectivity index (χ3n) is 2.95. The molecule has 1 aromatic carbocycles. The first kappa shape index (κ1) is 16.5. The van der Waals surface area contributed by atoms with Crippen LogP contribution >= 0.6 is 0 Å². The summed E-state index contributed by atoms with van der Waals surface area (Å²) >= 11 is 0. The minimum atomic E-state index is 0.0285. The van der Waals surface area contributed by atoms with Crippen LogP contribution in [0.4, 0.5) is 0 Å². The molecule has 1 amide bonds. The van der Waals surface area contributed by atoms with E-state index in [4.69, 9.17) is 9.47 Å². The van der Waals surface area contributed by atoms with Crippen molar-refractivity contribution in [1.29, 1.82) is 0 Å². The minimum absolute atomic E-state index is 0.0285. The summed E-state index contributed by atoms with van der Waals surface area (Å²) in [5, 5.41) is 2.91. The fourth-order valence-electron chi connectivity index (χ4n) is 1.80. The van der Waals surface area contributed by atoms with Crippen LogP contribution in [0, 0.1) is 0 Å². The monoisotopic (exact) mass is 280 g/mol. The average Bonchev–Trinajstić information content (AvgIpc) is 2.46. The Kier molecular flexibility index (Phi) is 7.69. The summed E-state index contributed by atoms with van der Waals surface area (Å²) < 4.78 is 10.1. The highest BCUT2D eigenvalue weighted by Crippen LogP contribution is 2.10. The van der Waals surface area contributed by atoms with Gasteiger partial charge in [-0.05, 0) is 31.2 Å². The molecule has 5 heteroatoms. The van der Waals surface area contributed by atoms with Crippen LogP contribution in [0.2, 0.25) is 0 Å². The van der Waals surface area contributed by atoms with Gasteiger partial charge in [0.25, 0.3) is 0 Å². The largest absolute Gasteiger partial charge is 0.497 e. The molecule has 0 radical (unpaired) electrons. The maximum absolute atomic E-state index is 11.8. The molecule has 1 N–H and O–H groups in total. The number of nitrogens with one attached hydrogen (secondary N) is 1. The third-order valence-corrected chi connectivity index (χ3v) is 2.95. The third kappa shape index (κ3) is 6.54. The van der Waals surface area contributed by atoms with Crippen molar-refractivity contribution < 1.29 is 14.3 Å². The summed E-state index contributed by atoms with van der Waals surface area (Å²) in [6.07, 6.45) is 0.929. The SMILES string of the molecule is COCCCN(C)CC(=O)NCc1ccc(OC)cc1. The van der Waals surface area contributed by atoms with E-state index in [9.17, 15) is 4.79 Å². The van der Waals surface area contributed by atoms with Crippen LogP contribution < -0.4 is 10.1 Å². The van der Waals surface area contributed by atoms with Gasteiger partial charge < -0.3 is 14.8 Å². The van der Waals surface area contributed by atoms with Crippen LogP contribution in [0.25, 0.3) is 0 Å². The van der Waals surface area contributed by atoms with E-state index in [1.165, 1.54) is 0 Å². The number of likely N-dealkylation sites (N-methyl/N-ethyl adjacent to an activating group) is 1. The fraction of sp³-hybridized carbons (Fsp3) is 0.533. The van der Waals surface area contributed by atoms with E-state index >= 15 is 0 Å². The number of methoxy groups -OCH3 is 2. The van der Waals surface area contributed by atoms with E-state index in [0.29, 0.717) is 13.1 Å². The molecule has 0 saturated carbocycles. The average molecular weight is 280 g/mol. The van der Waals surface area contributed by atoms with Gasteiger partial charge in [-0.25, -0.2) is 0 Å². The normalized spacial score (nSPS) is 10.6. The van der Waals surface area contributed by atoms with Crippen LogP contribution in [-0.2, 0) is 16.1 Å². The van der Waals surface area contributed by atoms with Crippen molar-refractivity contribution in [2.75, 3.05) is 41.0 Å². The van der Waals surface area contributed by atoms with Gasteiger partial charge in [-0.1, -0.05) is 12.1 Å². The molecule has 5 nitrogen and oxygen atoms in total. The molecule has 0 unspecified atom stereocenters. The summed E-state index contributed by atoms with van der Waals surface area (Å²) in [6.45, 7) is 2.51. The maximum atomic E-state index is 11.8. The van der Waals surface area contributed by atoms with Crippen molar-refractivity contribution in [2.45, 2.75) is 13.0 Å². The van der Waals surface area contributed by atoms with Crippen molar-refractivity contribution >= 4 is 5.91 Å². The van der Waals surface area contributed by atoms with Gasteiger partial charge in [0.15, 0.2) is 0 Å². The second-order valence-corrected chi connectivity index (χ2v) is 4.71. The van der Waals surface area contributed by atoms with Crippen molar-refractivity contribution in [3.8, 4) is 5.75 Å². The second-order valence-electron chi connectivity index (χ2n) is 4.71. The lowest BCUT2D eigenvalue weighted by Gasteiger charge is -2.15. The first-order valence-electron chi connectivity index (χ1n) is 6.73.